The lowest BCUT2D eigenvalue weighted by Gasteiger charge is -2.34. The maximum atomic E-state index is 10.2. The monoisotopic (exact) mass is 277 g/mol. The molecule has 1 aliphatic heterocycles. The average molecular weight is 277 g/mol. The van der Waals surface area contributed by atoms with Crippen molar-refractivity contribution in [2.75, 3.05) is 19.7 Å². The predicted octanol–water partition coefficient (Wildman–Crippen LogP) is 2.92. The van der Waals surface area contributed by atoms with E-state index in [1.165, 1.54) is 24.8 Å². The highest BCUT2D eigenvalue weighted by atomic mass is 16.5. The number of aliphatic hydroxyl groups excluding tert-OH is 1. The summed E-state index contributed by atoms with van der Waals surface area (Å²) in [6.07, 6.45) is 3.38. The molecule has 0 aromatic heterocycles. The zero-order chi connectivity index (χ0) is 14.5. The van der Waals surface area contributed by atoms with E-state index in [2.05, 4.69) is 24.8 Å². The van der Waals surface area contributed by atoms with E-state index in [-0.39, 0.29) is 0 Å². The lowest BCUT2D eigenvalue weighted by atomic mass is 10.0. The summed E-state index contributed by atoms with van der Waals surface area (Å²) in [6, 6.07) is 6.72. The van der Waals surface area contributed by atoms with Gasteiger partial charge in [-0.3, -0.25) is 4.90 Å². The van der Waals surface area contributed by atoms with Crippen LogP contribution < -0.4 is 4.74 Å². The van der Waals surface area contributed by atoms with Crippen LogP contribution in [0.1, 0.15) is 37.3 Å². The van der Waals surface area contributed by atoms with Crippen LogP contribution >= 0.6 is 0 Å². The molecular weight excluding hydrogens is 250 g/mol. The lowest BCUT2D eigenvalue weighted by Crippen LogP contribution is -2.43. The molecule has 20 heavy (non-hydrogen) atoms. The van der Waals surface area contributed by atoms with Crippen molar-refractivity contribution in [3.05, 3.63) is 29.3 Å². The number of benzene rings is 1. The Morgan fingerprint density at radius 1 is 1.35 bits per heavy atom. The first-order chi connectivity index (χ1) is 9.56. The third-order valence-corrected chi connectivity index (χ3v) is 4.15. The van der Waals surface area contributed by atoms with Gasteiger partial charge < -0.3 is 9.84 Å². The summed E-state index contributed by atoms with van der Waals surface area (Å²) in [5, 5.41) is 10.2. The summed E-state index contributed by atoms with van der Waals surface area (Å²) in [5.41, 5.74) is 2.36. The molecule has 0 unspecified atom stereocenters. The predicted molar refractivity (Wildman–Crippen MR) is 82.3 cm³/mol. The molecule has 0 radical (unpaired) electrons. The van der Waals surface area contributed by atoms with Crippen molar-refractivity contribution in [2.45, 2.75) is 52.2 Å². The zero-order valence-electron chi connectivity index (χ0n) is 12.9. The maximum Gasteiger partial charge on any atom is 0.122 e. The van der Waals surface area contributed by atoms with Crippen LogP contribution in [0.25, 0.3) is 0 Å². The minimum absolute atomic E-state index is 0.368. The van der Waals surface area contributed by atoms with E-state index in [1.807, 2.05) is 19.1 Å². The first-order valence-electron chi connectivity index (χ1n) is 7.68. The molecule has 2 atom stereocenters. The van der Waals surface area contributed by atoms with Crippen molar-refractivity contribution >= 4 is 0 Å². The number of hydrogen-bond acceptors (Lipinski definition) is 3. The number of hydrogen-bond donors (Lipinski definition) is 1. The van der Waals surface area contributed by atoms with Gasteiger partial charge in [-0.2, -0.15) is 0 Å². The van der Waals surface area contributed by atoms with Crippen molar-refractivity contribution < 1.29 is 9.84 Å². The highest BCUT2D eigenvalue weighted by Gasteiger charge is 2.21. The number of rotatable bonds is 5. The van der Waals surface area contributed by atoms with Crippen LogP contribution in [-0.4, -0.2) is 41.8 Å². The molecule has 112 valence electrons. The van der Waals surface area contributed by atoms with Gasteiger partial charge in [0.1, 0.15) is 18.5 Å². The van der Waals surface area contributed by atoms with Crippen LogP contribution in [0.3, 0.4) is 0 Å². The Morgan fingerprint density at radius 3 is 2.85 bits per heavy atom. The molecule has 3 nitrogen and oxygen atoms in total. The fraction of sp³-hybridized carbons (Fsp3) is 0.647. The topological polar surface area (TPSA) is 32.7 Å². The summed E-state index contributed by atoms with van der Waals surface area (Å²) < 4.78 is 5.75. The third-order valence-electron chi connectivity index (χ3n) is 4.15. The fourth-order valence-electron chi connectivity index (χ4n) is 2.90. The Hall–Kier alpha value is -1.06. The van der Waals surface area contributed by atoms with E-state index in [0.717, 1.165) is 17.9 Å². The molecule has 1 aromatic carbocycles. The van der Waals surface area contributed by atoms with Crippen molar-refractivity contribution in [1.82, 2.24) is 4.90 Å². The Morgan fingerprint density at radius 2 is 2.15 bits per heavy atom. The molecule has 1 aromatic rings. The first kappa shape index (κ1) is 15.3. The van der Waals surface area contributed by atoms with E-state index in [9.17, 15) is 5.11 Å². The smallest absolute Gasteiger partial charge is 0.122 e. The van der Waals surface area contributed by atoms with Gasteiger partial charge in [0, 0.05) is 12.6 Å². The SMILES string of the molecule is Cc1ccc(OC[C@@H](O)CN2CCCC[C@@H]2C)c(C)c1. The summed E-state index contributed by atoms with van der Waals surface area (Å²) in [4.78, 5) is 2.37. The van der Waals surface area contributed by atoms with E-state index in [1.54, 1.807) is 0 Å². The number of nitrogens with zero attached hydrogens (tertiary/aromatic N) is 1. The molecule has 1 fully saturated rings. The van der Waals surface area contributed by atoms with E-state index < -0.39 is 6.10 Å². The largest absolute Gasteiger partial charge is 0.491 e. The first-order valence-corrected chi connectivity index (χ1v) is 7.68. The summed E-state index contributed by atoms with van der Waals surface area (Å²) in [6.45, 7) is 8.54. The van der Waals surface area contributed by atoms with Gasteiger partial charge in [-0.25, -0.2) is 0 Å². The number of β-amino-alcohol motifs (C(OH)–C–C–N with tert-alkyl or cyclic N) is 1. The van der Waals surface area contributed by atoms with Crippen LogP contribution in [0.5, 0.6) is 5.75 Å². The maximum absolute atomic E-state index is 10.2. The van der Waals surface area contributed by atoms with Crippen molar-refractivity contribution in [3.63, 3.8) is 0 Å². The van der Waals surface area contributed by atoms with Gasteiger partial charge in [-0.15, -0.1) is 0 Å². The molecule has 1 heterocycles. The van der Waals surface area contributed by atoms with Crippen molar-refractivity contribution in [1.29, 1.82) is 0 Å². The molecule has 0 aliphatic carbocycles. The average Bonchev–Trinajstić information content (AvgIpc) is 2.40. The zero-order valence-corrected chi connectivity index (χ0v) is 12.9. The van der Waals surface area contributed by atoms with Crippen LogP contribution in [0.2, 0.25) is 0 Å². The van der Waals surface area contributed by atoms with Crippen molar-refractivity contribution in [3.8, 4) is 5.75 Å². The molecule has 0 saturated carbocycles. The highest BCUT2D eigenvalue weighted by molar-refractivity contribution is 5.35. The Kier molecular flexibility index (Phi) is 5.44. The van der Waals surface area contributed by atoms with Gasteiger partial charge >= 0.3 is 0 Å². The standard InChI is InChI=1S/C17H27NO2/c1-13-7-8-17(14(2)10-13)20-12-16(19)11-18-9-5-4-6-15(18)3/h7-8,10,15-16,19H,4-6,9,11-12H2,1-3H3/t15-,16-/m0/s1. The molecular formula is C17H27NO2. The minimum atomic E-state index is -0.420. The van der Waals surface area contributed by atoms with E-state index in [4.69, 9.17) is 4.74 Å². The number of piperidine rings is 1. The fourth-order valence-corrected chi connectivity index (χ4v) is 2.90. The number of ether oxygens (including phenoxy) is 1. The summed E-state index contributed by atoms with van der Waals surface area (Å²) >= 11 is 0. The van der Waals surface area contributed by atoms with Gasteiger partial charge in [0.15, 0.2) is 0 Å². The van der Waals surface area contributed by atoms with Gasteiger partial charge in [0.05, 0.1) is 0 Å². The normalized spacial score (nSPS) is 21.7. The quantitative estimate of drug-likeness (QED) is 0.898. The van der Waals surface area contributed by atoms with Gasteiger partial charge in [0.25, 0.3) is 0 Å². The Labute approximate surface area is 122 Å². The second-order valence-corrected chi connectivity index (χ2v) is 6.07. The van der Waals surface area contributed by atoms with Gasteiger partial charge in [-0.1, -0.05) is 24.1 Å². The molecule has 0 amide bonds. The lowest BCUT2D eigenvalue weighted by molar-refractivity contribution is 0.0436. The molecule has 1 saturated heterocycles. The van der Waals surface area contributed by atoms with Gasteiger partial charge in [-0.05, 0) is 51.8 Å². The van der Waals surface area contributed by atoms with E-state index in [0.29, 0.717) is 19.2 Å². The molecule has 3 heteroatoms. The molecule has 1 aliphatic rings. The highest BCUT2D eigenvalue weighted by Crippen LogP contribution is 2.20. The second-order valence-electron chi connectivity index (χ2n) is 6.07. The summed E-state index contributed by atoms with van der Waals surface area (Å²) in [5.74, 6) is 0.876. The number of likely N-dealkylation sites (tertiary alicyclic amines) is 1. The van der Waals surface area contributed by atoms with Crippen LogP contribution in [0, 0.1) is 13.8 Å². The number of aliphatic hydroxyl groups is 1. The number of aryl methyl sites for hydroxylation is 2. The van der Waals surface area contributed by atoms with Crippen LogP contribution in [0.15, 0.2) is 18.2 Å². The Bertz CT molecular complexity index is 433. The molecule has 0 spiro atoms. The Balaban J connectivity index is 1.81. The summed E-state index contributed by atoms with van der Waals surface area (Å²) in [7, 11) is 0. The minimum Gasteiger partial charge on any atom is -0.491 e. The van der Waals surface area contributed by atoms with Crippen LogP contribution in [-0.2, 0) is 0 Å². The molecule has 1 N–H and O–H groups in total. The molecule has 0 bridgehead atoms. The van der Waals surface area contributed by atoms with Crippen molar-refractivity contribution in [2.24, 2.45) is 0 Å². The third kappa shape index (κ3) is 4.22. The van der Waals surface area contributed by atoms with Crippen LogP contribution in [0.4, 0.5) is 0 Å². The molecule has 2 rings (SSSR count). The van der Waals surface area contributed by atoms with Gasteiger partial charge in [0.2, 0.25) is 0 Å². The van der Waals surface area contributed by atoms with E-state index >= 15 is 0 Å². The second kappa shape index (κ2) is 7.09.